The number of hydrogen-bond acceptors (Lipinski definition) is 3. The van der Waals surface area contributed by atoms with Crippen LogP contribution in [-0.2, 0) is 0 Å². The Morgan fingerprint density at radius 3 is 2.55 bits per heavy atom. The van der Waals surface area contributed by atoms with E-state index in [4.69, 9.17) is 0 Å². The van der Waals surface area contributed by atoms with Crippen LogP contribution in [0.3, 0.4) is 0 Å². The summed E-state index contributed by atoms with van der Waals surface area (Å²) >= 11 is 0. The second-order valence-corrected chi connectivity index (χ2v) is 2.24. The van der Waals surface area contributed by atoms with Crippen LogP contribution in [0, 0.1) is 10.1 Å². The molecule has 0 N–H and O–H groups in total. The maximum Gasteiger partial charge on any atom is 0.235 e. The molecule has 1 aromatic heterocycles. The van der Waals surface area contributed by atoms with Gasteiger partial charge in [0.25, 0.3) is 0 Å². The van der Waals surface area contributed by atoms with E-state index in [0.29, 0.717) is 5.56 Å². The number of rotatable bonds is 2. The molecule has 0 radical (unpaired) electrons. The van der Waals surface area contributed by atoms with Crippen molar-refractivity contribution in [3.63, 3.8) is 0 Å². The van der Waals surface area contributed by atoms with Crippen molar-refractivity contribution in [2.24, 2.45) is 0 Å². The Hall–Kier alpha value is -1.45. The van der Waals surface area contributed by atoms with Gasteiger partial charge in [0.15, 0.2) is 0 Å². The van der Waals surface area contributed by atoms with Gasteiger partial charge in [-0.25, -0.2) is 0 Å². The molecule has 1 rings (SSSR count). The highest BCUT2D eigenvalue weighted by atomic mass is 16.6. The molecule has 0 saturated heterocycles. The minimum atomic E-state index is -0.641. The molecule has 0 amide bonds. The van der Waals surface area contributed by atoms with E-state index in [1.807, 2.05) is 0 Å². The van der Waals surface area contributed by atoms with Crippen LogP contribution in [-0.4, -0.2) is 9.91 Å². The minimum Gasteiger partial charge on any atom is -0.265 e. The van der Waals surface area contributed by atoms with Gasteiger partial charge in [-0.2, -0.15) is 0 Å². The summed E-state index contributed by atoms with van der Waals surface area (Å²) in [7, 11) is 0. The summed E-state index contributed by atoms with van der Waals surface area (Å²) in [6.07, 6.45) is 3.10. The molecule has 0 saturated carbocycles. The van der Waals surface area contributed by atoms with Gasteiger partial charge >= 0.3 is 0 Å². The molecule has 0 aromatic carbocycles. The van der Waals surface area contributed by atoms with Gasteiger partial charge in [0.05, 0.1) is 0 Å². The van der Waals surface area contributed by atoms with Crippen LogP contribution in [0.25, 0.3) is 0 Å². The average Bonchev–Trinajstić information content (AvgIpc) is 2.05. The van der Waals surface area contributed by atoms with Crippen LogP contribution in [0.5, 0.6) is 0 Å². The minimum absolute atomic E-state index is 0.324. The molecule has 4 nitrogen and oxygen atoms in total. The molecular formula is C7H8N2O2. The highest BCUT2D eigenvalue weighted by molar-refractivity contribution is 5.11. The third kappa shape index (κ3) is 1.73. The lowest BCUT2D eigenvalue weighted by Gasteiger charge is -2.01. The lowest BCUT2D eigenvalue weighted by atomic mass is 10.1. The van der Waals surface area contributed by atoms with Gasteiger partial charge in [-0.05, 0) is 12.1 Å². The molecule has 0 fully saturated rings. The molecule has 0 aliphatic rings. The molecule has 1 atom stereocenters. The Morgan fingerprint density at radius 2 is 2.09 bits per heavy atom. The molecule has 1 aromatic rings. The monoisotopic (exact) mass is 152 g/mol. The molecule has 11 heavy (non-hydrogen) atoms. The molecule has 0 spiro atoms. The predicted molar refractivity (Wildman–Crippen MR) is 39.6 cm³/mol. The Kier molecular flexibility index (Phi) is 2.15. The maximum atomic E-state index is 10.3. The summed E-state index contributed by atoms with van der Waals surface area (Å²) in [5.74, 6) is 0. The van der Waals surface area contributed by atoms with Crippen molar-refractivity contribution in [3.05, 3.63) is 40.2 Å². The summed E-state index contributed by atoms with van der Waals surface area (Å²) in [6, 6.07) is 2.65. The van der Waals surface area contributed by atoms with E-state index < -0.39 is 6.04 Å². The Labute approximate surface area is 64.0 Å². The second kappa shape index (κ2) is 3.09. The van der Waals surface area contributed by atoms with Crippen LogP contribution >= 0.6 is 0 Å². The van der Waals surface area contributed by atoms with E-state index in [-0.39, 0.29) is 4.92 Å². The molecule has 4 heteroatoms. The quantitative estimate of drug-likeness (QED) is 0.475. The number of pyridine rings is 1. The lowest BCUT2D eigenvalue weighted by Crippen LogP contribution is -2.05. The standard InChI is InChI=1S/C7H8N2O2/c1-6(9(10)11)7-2-4-8-5-3-7/h2-6H,1H3. The van der Waals surface area contributed by atoms with Crippen molar-refractivity contribution in [1.29, 1.82) is 0 Å². The summed E-state index contributed by atoms with van der Waals surface area (Å²) in [5, 5.41) is 10.3. The third-order valence-corrected chi connectivity index (χ3v) is 1.50. The predicted octanol–water partition coefficient (Wildman–Crippen LogP) is 1.42. The Morgan fingerprint density at radius 1 is 1.55 bits per heavy atom. The van der Waals surface area contributed by atoms with Crippen molar-refractivity contribution in [2.45, 2.75) is 13.0 Å². The van der Waals surface area contributed by atoms with E-state index in [1.54, 1.807) is 31.5 Å². The molecule has 0 bridgehead atoms. The summed E-state index contributed by atoms with van der Waals surface area (Å²) in [4.78, 5) is 13.7. The second-order valence-electron chi connectivity index (χ2n) is 2.24. The largest absolute Gasteiger partial charge is 0.265 e. The fourth-order valence-electron chi connectivity index (χ4n) is 0.764. The van der Waals surface area contributed by atoms with Crippen molar-refractivity contribution < 1.29 is 4.92 Å². The topological polar surface area (TPSA) is 56.0 Å². The first-order valence-corrected chi connectivity index (χ1v) is 3.25. The fraction of sp³-hybridized carbons (Fsp3) is 0.286. The first kappa shape index (κ1) is 7.65. The van der Waals surface area contributed by atoms with E-state index in [0.717, 1.165) is 0 Å². The Bertz CT molecular complexity index is 248. The fourth-order valence-corrected chi connectivity index (χ4v) is 0.764. The number of aromatic nitrogens is 1. The molecule has 1 heterocycles. The molecule has 1 unspecified atom stereocenters. The summed E-state index contributed by atoms with van der Waals surface area (Å²) < 4.78 is 0. The van der Waals surface area contributed by atoms with Crippen LogP contribution in [0.15, 0.2) is 24.5 Å². The highest BCUT2D eigenvalue weighted by Gasteiger charge is 2.14. The maximum absolute atomic E-state index is 10.3. The van der Waals surface area contributed by atoms with Gasteiger partial charge in [0.1, 0.15) is 0 Å². The van der Waals surface area contributed by atoms with Gasteiger partial charge in [0.2, 0.25) is 6.04 Å². The zero-order chi connectivity index (χ0) is 8.27. The zero-order valence-corrected chi connectivity index (χ0v) is 6.10. The highest BCUT2D eigenvalue weighted by Crippen LogP contribution is 2.12. The average molecular weight is 152 g/mol. The van der Waals surface area contributed by atoms with E-state index >= 15 is 0 Å². The van der Waals surface area contributed by atoms with Crippen molar-refractivity contribution in [1.82, 2.24) is 4.98 Å². The van der Waals surface area contributed by atoms with Crippen LogP contribution in [0.4, 0.5) is 0 Å². The van der Waals surface area contributed by atoms with Gasteiger partial charge in [-0.1, -0.05) is 0 Å². The third-order valence-electron chi connectivity index (χ3n) is 1.50. The number of hydrogen-bond donors (Lipinski definition) is 0. The van der Waals surface area contributed by atoms with Gasteiger partial charge in [0, 0.05) is 29.8 Å². The summed E-state index contributed by atoms with van der Waals surface area (Å²) in [6.45, 7) is 1.55. The van der Waals surface area contributed by atoms with Crippen molar-refractivity contribution in [3.8, 4) is 0 Å². The van der Waals surface area contributed by atoms with Crippen molar-refractivity contribution in [2.75, 3.05) is 0 Å². The normalized spacial score (nSPS) is 12.5. The molecule has 0 aliphatic carbocycles. The molecule has 0 aliphatic heterocycles. The number of nitro groups is 1. The lowest BCUT2D eigenvalue weighted by molar-refractivity contribution is -0.524. The van der Waals surface area contributed by atoms with Gasteiger partial charge in [-0.15, -0.1) is 0 Å². The summed E-state index contributed by atoms with van der Waals surface area (Å²) in [5.41, 5.74) is 0.685. The molecular weight excluding hydrogens is 144 g/mol. The molecule has 58 valence electrons. The van der Waals surface area contributed by atoms with Gasteiger partial charge < -0.3 is 0 Å². The number of nitrogens with zero attached hydrogens (tertiary/aromatic N) is 2. The van der Waals surface area contributed by atoms with E-state index in [1.165, 1.54) is 0 Å². The first-order chi connectivity index (χ1) is 5.22. The van der Waals surface area contributed by atoms with Crippen LogP contribution < -0.4 is 0 Å². The van der Waals surface area contributed by atoms with E-state index in [2.05, 4.69) is 4.98 Å². The SMILES string of the molecule is CC(c1ccncc1)[N+](=O)[O-]. The van der Waals surface area contributed by atoms with Crippen molar-refractivity contribution >= 4 is 0 Å². The van der Waals surface area contributed by atoms with Crippen LogP contribution in [0.2, 0.25) is 0 Å². The van der Waals surface area contributed by atoms with Crippen LogP contribution in [0.1, 0.15) is 18.5 Å². The van der Waals surface area contributed by atoms with Gasteiger partial charge in [-0.3, -0.25) is 15.1 Å². The Balaban J connectivity index is 2.85. The first-order valence-electron chi connectivity index (χ1n) is 3.25. The van der Waals surface area contributed by atoms with E-state index in [9.17, 15) is 10.1 Å². The zero-order valence-electron chi connectivity index (χ0n) is 6.10. The smallest absolute Gasteiger partial charge is 0.235 e.